The predicted octanol–water partition coefficient (Wildman–Crippen LogP) is 4.02. The molecule has 0 saturated carbocycles. The third-order valence-electron chi connectivity index (χ3n) is 4.13. The van der Waals surface area contributed by atoms with E-state index < -0.39 is 0 Å². The van der Waals surface area contributed by atoms with E-state index in [9.17, 15) is 4.79 Å². The Hall–Kier alpha value is -2.00. The van der Waals surface area contributed by atoms with Gasteiger partial charge in [-0.15, -0.1) is 0 Å². The summed E-state index contributed by atoms with van der Waals surface area (Å²) >= 11 is 0. The van der Waals surface area contributed by atoms with E-state index in [2.05, 4.69) is 16.9 Å². The zero-order chi connectivity index (χ0) is 15.1. The highest BCUT2D eigenvalue weighted by molar-refractivity contribution is 5.94. The lowest BCUT2D eigenvalue weighted by atomic mass is 9.95. The van der Waals surface area contributed by atoms with Crippen LogP contribution in [0.25, 0.3) is 10.4 Å². The molecule has 21 heavy (non-hydrogen) atoms. The maximum atomic E-state index is 12.4. The van der Waals surface area contributed by atoms with Crippen LogP contribution in [0.1, 0.15) is 43.0 Å². The molecule has 1 aliphatic rings. The summed E-state index contributed by atoms with van der Waals surface area (Å²) in [5.74, 6) is 0.369. The van der Waals surface area contributed by atoms with Crippen molar-refractivity contribution in [2.24, 2.45) is 11.0 Å². The van der Waals surface area contributed by atoms with Crippen LogP contribution in [0.15, 0.2) is 35.4 Å². The molecule has 1 aromatic carbocycles. The van der Waals surface area contributed by atoms with Gasteiger partial charge in [-0.25, -0.2) is 0 Å². The molecular weight excluding hydrogens is 264 g/mol. The first-order valence-corrected chi connectivity index (χ1v) is 7.64. The molecule has 2 atom stereocenters. The van der Waals surface area contributed by atoms with Crippen LogP contribution in [0.4, 0.5) is 0 Å². The summed E-state index contributed by atoms with van der Waals surface area (Å²) in [6.45, 7) is 3.58. The van der Waals surface area contributed by atoms with Gasteiger partial charge in [-0.05, 0) is 36.4 Å². The molecule has 2 rings (SSSR count). The maximum Gasteiger partial charge on any atom is 0.253 e. The van der Waals surface area contributed by atoms with Crippen LogP contribution in [0.5, 0.6) is 0 Å². The molecular formula is C16H22N4O. The number of unbranched alkanes of at least 4 members (excludes halogenated alkanes) is 1. The molecule has 5 heteroatoms. The number of likely N-dealkylation sites (tertiary alicyclic amines) is 1. The smallest absolute Gasteiger partial charge is 0.253 e. The van der Waals surface area contributed by atoms with Crippen molar-refractivity contribution in [3.63, 3.8) is 0 Å². The molecule has 112 valence electrons. The molecule has 2 unspecified atom stereocenters. The van der Waals surface area contributed by atoms with Gasteiger partial charge in [0.15, 0.2) is 0 Å². The second-order valence-electron chi connectivity index (χ2n) is 5.58. The Morgan fingerprint density at radius 3 is 2.90 bits per heavy atom. The van der Waals surface area contributed by atoms with Crippen LogP contribution in [-0.4, -0.2) is 29.9 Å². The Balaban J connectivity index is 1.98. The van der Waals surface area contributed by atoms with Crippen molar-refractivity contribution in [3.8, 4) is 0 Å². The summed E-state index contributed by atoms with van der Waals surface area (Å²) in [6, 6.07) is 9.38. The van der Waals surface area contributed by atoms with E-state index >= 15 is 0 Å². The second-order valence-corrected chi connectivity index (χ2v) is 5.58. The minimum absolute atomic E-state index is 0.0172. The van der Waals surface area contributed by atoms with Crippen LogP contribution < -0.4 is 0 Å². The number of carbonyl (C=O) groups is 1. The quantitative estimate of drug-likeness (QED) is 0.442. The Bertz CT molecular complexity index is 510. The lowest BCUT2D eigenvalue weighted by Gasteiger charge is -2.20. The van der Waals surface area contributed by atoms with Crippen molar-refractivity contribution in [1.29, 1.82) is 0 Å². The molecule has 0 aromatic heterocycles. The molecule has 1 aromatic rings. The fraction of sp³-hybridized carbons (Fsp3) is 0.562. The van der Waals surface area contributed by atoms with Gasteiger partial charge in [-0.3, -0.25) is 4.79 Å². The lowest BCUT2D eigenvalue weighted by Crippen LogP contribution is -2.30. The third-order valence-corrected chi connectivity index (χ3v) is 4.13. The molecule has 1 saturated heterocycles. The van der Waals surface area contributed by atoms with Gasteiger partial charge < -0.3 is 4.90 Å². The number of benzene rings is 1. The van der Waals surface area contributed by atoms with Crippen LogP contribution in [0, 0.1) is 5.92 Å². The summed E-state index contributed by atoms with van der Waals surface area (Å²) < 4.78 is 0. The van der Waals surface area contributed by atoms with Crippen LogP contribution in [0.3, 0.4) is 0 Å². The number of carbonyl (C=O) groups excluding carboxylic acids is 1. The van der Waals surface area contributed by atoms with Gasteiger partial charge in [0, 0.05) is 29.6 Å². The van der Waals surface area contributed by atoms with Gasteiger partial charge in [0.2, 0.25) is 0 Å². The summed E-state index contributed by atoms with van der Waals surface area (Å²) in [5.41, 5.74) is 9.46. The van der Waals surface area contributed by atoms with Gasteiger partial charge in [0.1, 0.15) is 0 Å². The van der Waals surface area contributed by atoms with Crippen molar-refractivity contribution in [1.82, 2.24) is 4.90 Å². The summed E-state index contributed by atoms with van der Waals surface area (Å²) in [7, 11) is 0. The van der Waals surface area contributed by atoms with Crippen LogP contribution >= 0.6 is 0 Å². The largest absolute Gasteiger partial charge is 0.338 e. The zero-order valence-corrected chi connectivity index (χ0v) is 12.5. The third kappa shape index (κ3) is 3.99. The van der Waals surface area contributed by atoms with Crippen LogP contribution in [-0.2, 0) is 0 Å². The van der Waals surface area contributed by atoms with Crippen molar-refractivity contribution in [2.45, 2.75) is 38.6 Å². The van der Waals surface area contributed by atoms with E-state index in [0.717, 1.165) is 37.8 Å². The molecule has 5 nitrogen and oxygen atoms in total. The molecule has 0 radical (unpaired) electrons. The Morgan fingerprint density at radius 1 is 1.48 bits per heavy atom. The van der Waals surface area contributed by atoms with Crippen molar-refractivity contribution >= 4 is 5.91 Å². The SMILES string of the molecule is CCCCC(N=[N+]=[N-])C1CCN(C(=O)c2ccccc2)C1. The Labute approximate surface area is 125 Å². The number of rotatable bonds is 6. The first-order chi connectivity index (χ1) is 10.3. The van der Waals surface area contributed by atoms with E-state index in [0.29, 0.717) is 12.5 Å². The summed E-state index contributed by atoms with van der Waals surface area (Å²) in [6.07, 6.45) is 3.99. The normalized spacial score (nSPS) is 19.1. The molecule has 0 bridgehead atoms. The van der Waals surface area contributed by atoms with Gasteiger partial charge >= 0.3 is 0 Å². The molecule has 1 heterocycles. The van der Waals surface area contributed by atoms with Gasteiger partial charge in [-0.2, -0.15) is 0 Å². The van der Waals surface area contributed by atoms with Gasteiger partial charge in [0.05, 0.1) is 0 Å². The monoisotopic (exact) mass is 286 g/mol. The number of nitrogens with zero attached hydrogens (tertiary/aromatic N) is 4. The zero-order valence-electron chi connectivity index (χ0n) is 12.5. The Kier molecular flexibility index (Phi) is 5.64. The number of hydrogen-bond acceptors (Lipinski definition) is 2. The lowest BCUT2D eigenvalue weighted by molar-refractivity contribution is 0.0785. The van der Waals surface area contributed by atoms with Crippen molar-refractivity contribution in [3.05, 3.63) is 46.3 Å². The highest BCUT2D eigenvalue weighted by Gasteiger charge is 2.31. The van der Waals surface area contributed by atoms with Crippen molar-refractivity contribution < 1.29 is 4.79 Å². The summed E-state index contributed by atoms with van der Waals surface area (Å²) in [4.78, 5) is 17.3. The Morgan fingerprint density at radius 2 is 2.24 bits per heavy atom. The molecule has 1 amide bonds. The highest BCUT2D eigenvalue weighted by atomic mass is 16.2. The van der Waals surface area contributed by atoms with E-state index in [-0.39, 0.29) is 11.9 Å². The van der Waals surface area contributed by atoms with E-state index in [4.69, 9.17) is 5.53 Å². The predicted molar refractivity (Wildman–Crippen MR) is 82.9 cm³/mol. The van der Waals surface area contributed by atoms with E-state index in [1.165, 1.54) is 0 Å². The highest BCUT2D eigenvalue weighted by Crippen LogP contribution is 2.26. The number of azide groups is 1. The fourth-order valence-corrected chi connectivity index (χ4v) is 2.92. The number of hydrogen-bond donors (Lipinski definition) is 0. The van der Waals surface area contributed by atoms with Gasteiger partial charge in [0.25, 0.3) is 5.91 Å². The maximum absolute atomic E-state index is 12.4. The van der Waals surface area contributed by atoms with Crippen molar-refractivity contribution in [2.75, 3.05) is 13.1 Å². The minimum Gasteiger partial charge on any atom is -0.338 e. The minimum atomic E-state index is 0.0172. The topological polar surface area (TPSA) is 69.1 Å². The molecule has 0 spiro atoms. The fourth-order valence-electron chi connectivity index (χ4n) is 2.92. The summed E-state index contributed by atoms with van der Waals surface area (Å²) in [5, 5.41) is 3.95. The molecule has 0 aliphatic carbocycles. The molecule has 1 aliphatic heterocycles. The van der Waals surface area contributed by atoms with E-state index in [1.54, 1.807) is 0 Å². The molecule has 1 fully saturated rings. The average molecular weight is 286 g/mol. The number of amides is 1. The van der Waals surface area contributed by atoms with Gasteiger partial charge in [-0.1, -0.05) is 43.1 Å². The van der Waals surface area contributed by atoms with Crippen LogP contribution in [0.2, 0.25) is 0 Å². The second kappa shape index (κ2) is 7.70. The van der Waals surface area contributed by atoms with E-state index in [1.807, 2.05) is 35.2 Å². The average Bonchev–Trinajstić information content (AvgIpc) is 3.01. The first kappa shape index (κ1) is 15.4. The standard InChI is InChI=1S/C16H22N4O/c1-2-3-9-15(18-19-17)14-10-11-20(12-14)16(21)13-7-5-4-6-8-13/h4-8,14-15H,2-3,9-12H2,1H3. The first-order valence-electron chi connectivity index (χ1n) is 7.64. The molecule has 0 N–H and O–H groups in total.